The molecule has 0 atom stereocenters. The molecule has 0 fully saturated rings. The summed E-state index contributed by atoms with van der Waals surface area (Å²) in [5.74, 6) is 0. The number of benzene rings is 1. The van der Waals surface area contributed by atoms with E-state index in [1.165, 1.54) is 11.1 Å². The molecule has 0 bridgehead atoms. The van der Waals surface area contributed by atoms with Crippen LogP contribution in [0, 0.1) is 5.41 Å². The Morgan fingerprint density at radius 3 is 2.53 bits per heavy atom. The van der Waals surface area contributed by atoms with Crippen LogP contribution in [0.5, 0.6) is 0 Å². The van der Waals surface area contributed by atoms with E-state index in [-0.39, 0.29) is 0 Å². The lowest BCUT2D eigenvalue weighted by Crippen LogP contribution is -2.09. The van der Waals surface area contributed by atoms with E-state index < -0.39 is 0 Å². The molecular formula is C15H22N2. The SMILES string of the molecule is CC(C)n1cnc2cc(CC(C)(C)C)ccc21. The van der Waals surface area contributed by atoms with Crippen molar-refractivity contribution in [3.63, 3.8) is 0 Å². The first-order chi connectivity index (χ1) is 7.87. The highest BCUT2D eigenvalue weighted by atomic mass is 15.1. The van der Waals surface area contributed by atoms with Crippen LogP contribution in [0.2, 0.25) is 0 Å². The monoisotopic (exact) mass is 230 g/mol. The van der Waals surface area contributed by atoms with Crippen LogP contribution >= 0.6 is 0 Å². The predicted molar refractivity (Wildman–Crippen MR) is 73.3 cm³/mol. The summed E-state index contributed by atoms with van der Waals surface area (Å²) in [5, 5.41) is 0. The number of imidazole rings is 1. The molecule has 1 aromatic heterocycles. The smallest absolute Gasteiger partial charge is 0.0960 e. The number of rotatable bonds is 2. The third-order valence-corrected chi connectivity index (χ3v) is 2.93. The van der Waals surface area contributed by atoms with Gasteiger partial charge in [0.25, 0.3) is 0 Å². The van der Waals surface area contributed by atoms with E-state index in [9.17, 15) is 0 Å². The number of hydrogen-bond donors (Lipinski definition) is 0. The van der Waals surface area contributed by atoms with Gasteiger partial charge < -0.3 is 4.57 Å². The summed E-state index contributed by atoms with van der Waals surface area (Å²) >= 11 is 0. The van der Waals surface area contributed by atoms with E-state index in [1.54, 1.807) is 0 Å². The van der Waals surface area contributed by atoms with E-state index in [4.69, 9.17) is 0 Å². The molecule has 0 aliphatic carbocycles. The van der Waals surface area contributed by atoms with Crippen LogP contribution in [0.15, 0.2) is 24.5 Å². The van der Waals surface area contributed by atoms with Gasteiger partial charge in [-0.15, -0.1) is 0 Å². The molecule has 2 nitrogen and oxygen atoms in total. The van der Waals surface area contributed by atoms with Crippen molar-refractivity contribution in [2.75, 3.05) is 0 Å². The van der Waals surface area contributed by atoms with Crippen molar-refractivity contribution < 1.29 is 0 Å². The molecule has 1 heterocycles. The van der Waals surface area contributed by atoms with Crippen LogP contribution in [0.25, 0.3) is 11.0 Å². The molecule has 0 amide bonds. The highest BCUT2D eigenvalue weighted by Gasteiger charge is 2.12. The summed E-state index contributed by atoms with van der Waals surface area (Å²) < 4.78 is 2.22. The fourth-order valence-corrected chi connectivity index (χ4v) is 2.21. The van der Waals surface area contributed by atoms with Gasteiger partial charge in [-0.05, 0) is 43.4 Å². The molecule has 0 N–H and O–H groups in total. The third kappa shape index (κ3) is 2.68. The van der Waals surface area contributed by atoms with Crippen LogP contribution in [0.4, 0.5) is 0 Å². The van der Waals surface area contributed by atoms with Crippen molar-refractivity contribution in [2.24, 2.45) is 5.41 Å². The van der Waals surface area contributed by atoms with E-state index in [0.717, 1.165) is 11.9 Å². The van der Waals surface area contributed by atoms with Crippen LogP contribution in [0.1, 0.15) is 46.2 Å². The van der Waals surface area contributed by atoms with Gasteiger partial charge in [-0.3, -0.25) is 0 Å². The average molecular weight is 230 g/mol. The molecule has 0 saturated carbocycles. The molecule has 0 spiro atoms. The van der Waals surface area contributed by atoms with Crippen LogP contribution in [0.3, 0.4) is 0 Å². The molecule has 0 unspecified atom stereocenters. The Morgan fingerprint density at radius 2 is 1.94 bits per heavy atom. The van der Waals surface area contributed by atoms with Gasteiger partial charge in [0.1, 0.15) is 0 Å². The van der Waals surface area contributed by atoms with Crippen LogP contribution < -0.4 is 0 Å². The highest BCUT2D eigenvalue weighted by molar-refractivity contribution is 5.76. The number of hydrogen-bond acceptors (Lipinski definition) is 1. The van der Waals surface area contributed by atoms with Gasteiger partial charge in [0.2, 0.25) is 0 Å². The zero-order valence-electron chi connectivity index (χ0n) is 11.5. The second-order valence-electron chi connectivity index (χ2n) is 6.31. The minimum absolute atomic E-state index is 0.328. The molecule has 92 valence electrons. The minimum atomic E-state index is 0.328. The van der Waals surface area contributed by atoms with Crippen LogP contribution in [-0.2, 0) is 6.42 Å². The normalized spacial score (nSPS) is 12.6. The summed E-state index contributed by atoms with van der Waals surface area (Å²) in [6, 6.07) is 7.12. The second-order valence-corrected chi connectivity index (χ2v) is 6.31. The fraction of sp³-hybridized carbons (Fsp3) is 0.533. The van der Waals surface area contributed by atoms with Gasteiger partial charge in [-0.2, -0.15) is 0 Å². The second kappa shape index (κ2) is 4.17. The molecule has 0 radical (unpaired) electrons. The van der Waals surface area contributed by atoms with E-state index in [2.05, 4.69) is 62.4 Å². The lowest BCUT2D eigenvalue weighted by atomic mass is 9.88. The Bertz CT molecular complexity index is 515. The zero-order valence-corrected chi connectivity index (χ0v) is 11.5. The first-order valence-electron chi connectivity index (χ1n) is 6.32. The molecule has 0 aliphatic rings. The summed E-state index contributed by atoms with van der Waals surface area (Å²) in [6.45, 7) is 11.2. The lowest BCUT2D eigenvalue weighted by molar-refractivity contribution is 0.411. The molecule has 2 aromatic rings. The maximum atomic E-state index is 4.49. The van der Waals surface area contributed by atoms with Gasteiger partial charge in [-0.25, -0.2) is 4.98 Å². The minimum Gasteiger partial charge on any atom is -0.328 e. The molecule has 17 heavy (non-hydrogen) atoms. The largest absolute Gasteiger partial charge is 0.328 e. The van der Waals surface area contributed by atoms with Gasteiger partial charge in [-0.1, -0.05) is 26.8 Å². The summed E-state index contributed by atoms with van der Waals surface area (Å²) in [5.41, 5.74) is 4.05. The summed E-state index contributed by atoms with van der Waals surface area (Å²) in [7, 11) is 0. The molecular weight excluding hydrogens is 208 g/mol. The Morgan fingerprint density at radius 1 is 1.24 bits per heavy atom. The summed E-state index contributed by atoms with van der Waals surface area (Å²) in [6.07, 6.45) is 3.04. The van der Waals surface area contributed by atoms with Crippen molar-refractivity contribution in [3.8, 4) is 0 Å². The van der Waals surface area contributed by atoms with Crippen molar-refractivity contribution in [1.82, 2.24) is 9.55 Å². The molecule has 2 rings (SSSR count). The van der Waals surface area contributed by atoms with Crippen molar-refractivity contribution in [3.05, 3.63) is 30.1 Å². The quantitative estimate of drug-likeness (QED) is 0.755. The lowest BCUT2D eigenvalue weighted by Gasteiger charge is -2.18. The Balaban J connectivity index is 2.39. The Kier molecular flexibility index (Phi) is 2.98. The highest BCUT2D eigenvalue weighted by Crippen LogP contribution is 2.24. The topological polar surface area (TPSA) is 17.8 Å². The number of aromatic nitrogens is 2. The molecule has 2 heteroatoms. The first kappa shape index (κ1) is 12.2. The van der Waals surface area contributed by atoms with E-state index >= 15 is 0 Å². The average Bonchev–Trinajstić information content (AvgIpc) is 2.57. The van der Waals surface area contributed by atoms with Gasteiger partial charge in [0.15, 0.2) is 0 Å². The zero-order chi connectivity index (χ0) is 12.6. The first-order valence-corrected chi connectivity index (χ1v) is 6.32. The van der Waals surface area contributed by atoms with Crippen LogP contribution in [-0.4, -0.2) is 9.55 Å². The third-order valence-electron chi connectivity index (χ3n) is 2.93. The summed E-state index contributed by atoms with van der Waals surface area (Å²) in [4.78, 5) is 4.49. The Hall–Kier alpha value is -1.31. The van der Waals surface area contributed by atoms with E-state index in [1.807, 2.05) is 6.33 Å². The van der Waals surface area contributed by atoms with E-state index in [0.29, 0.717) is 11.5 Å². The Labute approximate surface area is 104 Å². The number of nitrogens with zero attached hydrogens (tertiary/aromatic N) is 2. The maximum Gasteiger partial charge on any atom is 0.0960 e. The van der Waals surface area contributed by atoms with Gasteiger partial charge >= 0.3 is 0 Å². The molecule has 0 saturated heterocycles. The van der Waals surface area contributed by atoms with Crippen molar-refractivity contribution in [2.45, 2.75) is 47.1 Å². The van der Waals surface area contributed by atoms with Gasteiger partial charge in [0.05, 0.1) is 17.4 Å². The van der Waals surface area contributed by atoms with Gasteiger partial charge in [0, 0.05) is 6.04 Å². The predicted octanol–water partition coefficient (Wildman–Crippen LogP) is 4.21. The maximum absolute atomic E-state index is 4.49. The fourth-order valence-electron chi connectivity index (χ4n) is 2.21. The van der Waals surface area contributed by atoms with Crippen molar-refractivity contribution >= 4 is 11.0 Å². The number of fused-ring (bicyclic) bond motifs is 1. The molecule has 1 aromatic carbocycles. The van der Waals surface area contributed by atoms with Crippen molar-refractivity contribution in [1.29, 1.82) is 0 Å². The molecule has 0 aliphatic heterocycles. The standard InChI is InChI=1S/C15H22N2/c1-11(2)17-10-16-13-8-12(6-7-14(13)17)9-15(3,4)5/h6-8,10-11H,9H2,1-5H3.